The molecule has 0 heterocycles. The second-order valence-corrected chi connectivity index (χ2v) is 5.71. The standard InChI is InChI=1S/C18H31N3O/c1-5-19-18(20-12-11-15(3)4)21-13-16-9-7-8-10-17(16)14-22-6-2/h7-10,15H,5-6,11-14H2,1-4H3,(H2,19,20,21). The Labute approximate surface area is 135 Å². The summed E-state index contributed by atoms with van der Waals surface area (Å²) in [6.07, 6.45) is 1.14. The van der Waals surface area contributed by atoms with E-state index in [9.17, 15) is 0 Å². The van der Waals surface area contributed by atoms with Crippen LogP contribution >= 0.6 is 0 Å². The van der Waals surface area contributed by atoms with Crippen molar-refractivity contribution in [2.45, 2.75) is 47.3 Å². The molecule has 124 valence electrons. The van der Waals surface area contributed by atoms with E-state index in [-0.39, 0.29) is 0 Å². The summed E-state index contributed by atoms with van der Waals surface area (Å²) < 4.78 is 5.53. The van der Waals surface area contributed by atoms with Crippen LogP contribution in [-0.2, 0) is 17.9 Å². The van der Waals surface area contributed by atoms with Gasteiger partial charge < -0.3 is 15.4 Å². The first-order valence-electron chi connectivity index (χ1n) is 8.34. The Morgan fingerprint density at radius 2 is 1.86 bits per heavy atom. The van der Waals surface area contributed by atoms with Crippen LogP contribution < -0.4 is 10.6 Å². The van der Waals surface area contributed by atoms with Crippen LogP contribution in [0.3, 0.4) is 0 Å². The molecule has 1 aromatic carbocycles. The van der Waals surface area contributed by atoms with Gasteiger partial charge in [0.15, 0.2) is 5.96 Å². The molecule has 0 saturated carbocycles. The van der Waals surface area contributed by atoms with Crippen molar-refractivity contribution in [3.8, 4) is 0 Å². The fraction of sp³-hybridized carbons (Fsp3) is 0.611. The Bertz CT molecular complexity index is 444. The smallest absolute Gasteiger partial charge is 0.191 e. The number of nitrogens with zero attached hydrogens (tertiary/aromatic N) is 1. The van der Waals surface area contributed by atoms with Gasteiger partial charge in [0.2, 0.25) is 0 Å². The lowest BCUT2D eigenvalue weighted by Crippen LogP contribution is -2.38. The molecule has 0 bridgehead atoms. The molecule has 0 saturated heterocycles. The average Bonchev–Trinajstić information content (AvgIpc) is 2.51. The highest BCUT2D eigenvalue weighted by Gasteiger charge is 2.03. The molecular weight excluding hydrogens is 274 g/mol. The molecule has 22 heavy (non-hydrogen) atoms. The molecule has 2 N–H and O–H groups in total. The minimum absolute atomic E-state index is 0.652. The zero-order chi connectivity index (χ0) is 16.2. The van der Waals surface area contributed by atoms with Crippen molar-refractivity contribution in [3.05, 3.63) is 35.4 Å². The topological polar surface area (TPSA) is 45.7 Å². The Hall–Kier alpha value is -1.55. The summed E-state index contributed by atoms with van der Waals surface area (Å²) in [5.74, 6) is 1.58. The van der Waals surface area contributed by atoms with Crippen molar-refractivity contribution in [2.24, 2.45) is 10.9 Å². The van der Waals surface area contributed by atoms with E-state index in [1.54, 1.807) is 0 Å². The van der Waals surface area contributed by atoms with Crippen molar-refractivity contribution in [3.63, 3.8) is 0 Å². The number of guanidine groups is 1. The van der Waals surface area contributed by atoms with Crippen LogP contribution in [0.25, 0.3) is 0 Å². The fourth-order valence-electron chi connectivity index (χ4n) is 2.05. The molecule has 0 aromatic heterocycles. The van der Waals surface area contributed by atoms with Gasteiger partial charge in [0.05, 0.1) is 13.2 Å². The van der Waals surface area contributed by atoms with Crippen LogP contribution in [0.5, 0.6) is 0 Å². The van der Waals surface area contributed by atoms with Crippen LogP contribution in [0.2, 0.25) is 0 Å². The van der Waals surface area contributed by atoms with E-state index in [4.69, 9.17) is 4.74 Å². The molecule has 4 heteroatoms. The average molecular weight is 305 g/mol. The van der Waals surface area contributed by atoms with E-state index in [0.717, 1.165) is 32.1 Å². The lowest BCUT2D eigenvalue weighted by molar-refractivity contribution is 0.133. The van der Waals surface area contributed by atoms with Gasteiger partial charge in [-0.05, 0) is 37.3 Å². The van der Waals surface area contributed by atoms with Crippen LogP contribution in [-0.4, -0.2) is 25.7 Å². The zero-order valence-electron chi connectivity index (χ0n) is 14.5. The van der Waals surface area contributed by atoms with Crippen LogP contribution in [0.4, 0.5) is 0 Å². The molecule has 0 aliphatic heterocycles. The molecule has 0 spiro atoms. The maximum Gasteiger partial charge on any atom is 0.191 e. The quantitative estimate of drug-likeness (QED) is 0.543. The summed E-state index contributed by atoms with van der Waals surface area (Å²) in [5, 5.41) is 6.69. The van der Waals surface area contributed by atoms with Gasteiger partial charge in [-0.1, -0.05) is 38.1 Å². The summed E-state index contributed by atoms with van der Waals surface area (Å²) in [7, 11) is 0. The molecule has 0 atom stereocenters. The van der Waals surface area contributed by atoms with Crippen molar-refractivity contribution >= 4 is 5.96 Å². The molecule has 0 amide bonds. The van der Waals surface area contributed by atoms with E-state index < -0.39 is 0 Å². The Kier molecular flexibility index (Phi) is 9.31. The lowest BCUT2D eigenvalue weighted by Gasteiger charge is -2.13. The Morgan fingerprint density at radius 1 is 1.14 bits per heavy atom. The number of hydrogen-bond acceptors (Lipinski definition) is 2. The van der Waals surface area contributed by atoms with Crippen molar-refractivity contribution in [1.82, 2.24) is 10.6 Å². The summed E-state index contributed by atoms with van der Waals surface area (Å²) >= 11 is 0. The van der Waals surface area contributed by atoms with E-state index in [1.807, 2.05) is 13.0 Å². The number of aliphatic imine (C=N–C) groups is 1. The summed E-state index contributed by atoms with van der Waals surface area (Å²) in [4.78, 5) is 4.69. The summed E-state index contributed by atoms with van der Waals surface area (Å²) in [6, 6.07) is 8.34. The minimum atomic E-state index is 0.652. The first-order valence-corrected chi connectivity index (χ1v) is 8.34. The molecule has 0 aliphatic carbocycles. The number of rotatable bonds is 9. The summed E-state index contributed by atoms with van der Waals surface area (Å²) in [6.45, 7) is 12.4. The second-order valence-electron chi connectivity index (χ2n) is 5.71. The predicted octanol–water partition coefficient (Wildman–Crippen LogP) is 3.32. The van der Waals surface area contributed by atoms with E-state index in [0.29, 0.717) is 19.1 Å². The summed E-state index contributed by atoms with van der Waals surface area (Å²) in [5.41, 5.74) is 2.43. The normalized spacial score (nSPS) is 11.8. The number of benzene rings is 1. The first-order chi connectivity index (χ1) is 10.7. The van der Waals surface area contributed by atoms with Crippen LogP contribution in [0.15, 0.2) is 29.3 Å². The Morgan fingerprint density at radius 3 is 2.50 bits per heavy atom. The maximum absolute atomic E-state index is 5.53. The van der Waals surface area contributed by atoms with E-state index in [1.165, 1.54) is 11.1 Å². The predicted molar refractivity (Wildman–Crippen MR) is 94.0 cm³/mol. The molecule has 1 aromatic rings. The van der Waals surface area contributed by atoms with Gasteiger partial charge in [-0.15, -0.1) is 0 Å². The molecule has 1 rings (SSSR count). The van der Waals surface area contributed by atoms with Gasteiger partial charge in [-0.25, -0.2) is 4.99 Å². The highest BCUT2D eigenvalue weighted by molar-refractivity contribution is 5.79. The van der Waals surface area contributed by atoms with Gasteiger partial charge in [0.1, 0.15) is 0 Å². The van der Waals surface area contributed by atoms with Crippen molar-refractivity contribution in [2.75, 3.05) is 19.7 Å². The van der Waals surface area contributed by atoms with Crippen LogP contribution in [0, 0.1) is 5.92 Å². The Balaban J connectivity index is 2.64. The maximum atomic E-state index is 5.53. The second kappa shape index (κ2) is 11.1. The highest BCUT2D eigenvalue weighted by Crippen LogP contribution is 2.11. The third kappa shape index (κ3) is 7.46. The van der Waals surface area contributed by atoms with Gasteiger partial charge in [-0.2, -0.15) is 0 Å². The molecule has 0 unspecified atom stereocenters. The minimum Gasteiger partial charge on any atom is -0.377 e. The molecule has 0 radical (unpaired) electrons. The number of hydrogen-bond donors (Lipinski definition) is 2. The van der Waals surface area contributed by atoms with Gasteiger partial charge in [0, 0.05) is 19.7 Å². The highest BCUT2D eigenvalue weighted by atomic mass is 16.5. The lowest BCUT2D eigenvalue weighted by atomic mass is 10.1. The van der Waals surface area contributed by atoms with Gasteiger partial charge in [-0.3, -0.25) is 0 Å². The van der Waals surface area contributed by atoms with E-state index in [2.05, 4.69) is 54.6 Å². The zero-order valence-corrected chi connectivity index (χ0v) is 14.5. The van der Waals surface area contributed by atoms with E-state index >= 15 is 0 Å². The van der Waals surface area contributed by atoms with Crippen molar-refractivity contribution < 1.29 is 4.74 Å². The van der Waals surface area contributed by atoms with Gasteiger partial charge >= 0.3 is 0 Å². The third-order valence-corrected chi connectivity index (χ3v) is 3.35. The largest absolute Gasteiger partial charge is 0.377 e. The van der Waals surface area contributed by atoms with Crippen molar-refractivity contribution in [1.29, 1.82) is 0 Å². The SMILES string of the molecule is CCNC(=NCc1ccccc1COCC)NCCC(C)C. The molecule has 0 fully saturated rings. The molecular formula is C18H31N3O. The van der Waals surface area contributed by atoms with Crippen LogP contribution in [0.1, 0.15) is 45.2 Å². The number of nitrogens with one attached hydrogen (secondary N) is 2. The monoisotopic (exact) mass is 305 g/mol. The third-order valence-electron chi connectivity index (χ3n) is 3.35. The fourth-order valence-corrected chi connectivity index (χ4v) is 2.05. The number of ether oxygens (including phenoxy) is 1. The molecule has 0 aliphatic rings. The molecule has 4 nitrogen and oxygen atoms in total. The van der Waals surface area contributed by atoms with Gasteiger partial charge in [0.25, 0.3) is 0 Å². The first kappa shape index (κ1) is 18.5.